The number of hydrogen-bond donors (Lipinski definition) is 2. The van der Waals surface area contributed by atoms with Gasteiger partial charge in [0.05, 0.1) is 15.7 Å². The van der Waals surface area contributed by atoms with Crippen molar-refractivity contribution in [3.8, 4) is 0 Å². The summed E-state index contributed by atoms with van der Waals surface area (Å²) in [7, 11) is -3.43. The summed E-state index contributed by atoms with van der Waals surface area (Å²) >= 11 is 11.8. The lowest BCUT2D eigenvalue weighted by atomic mass is 9.91. The van der Waals surface area contributed by atoms with Gasteiger partial charge in [-0.1, -0.05) is 23.2 Å². The summed E-state index contributed by atoms with van der Waals surface area (Å²) in [6, 6.07) is 4.82. The van der Waals surface area contributed by atoms with E-state index < -0.39 is 9.84 Å². The molecule has 0 saturated carbocycles. The molecule has 1 heterocycles. The molecule has 1 aliphatic rings. The summed E-state index contributed by atoms with van der Waals surface area (Å²) in [6.45, 7) is 4.60. The third-order valence-electron chi connectivity index (χ3n) is 4.16. The molecule has 1 aliphatic heterocycles. The van der Waals surface area contributed by atoms with E-state index in [0.717, 1.165) is 25.9 Å². The van der Waals surface area contributed by atoms with Crippen LogP contribution in [-0.2, 0) is 9.84 Å². The fourth-order valence-corrected chi connectivity index (χ4v) is 4.74. The van der Waals surface area contributed by atoms with E-state index in [4.69, 9.17) is 23.2 Å². The summed E-state index contributed by atoms with van der Waals surface area (Å²) in [5.74, 6) is 0.612. The highest BCUT2D eigenvalue weighted by Crippen LogP contribution is 2.25. The van der Waals surface area contributed by atoms with Crippen molar-refractivity contribution in [1.29, 1.82) is 0 Å². The highest BCUT2D eigenvalue weighted by atomic mass is 35.5. The molecule has 1 saturated heterocycles. The van der Waals surface area contributed by atoms with E-state index in [2.05, 4.69) is 17.6 Å². The lowest BCUT2D eigenvalue weighted by Crippen LogP contribution is -2.41. The standard InChI is InChI=1S/C15H22Cl2N2O2S/c1-11(12-4-6-18-7-5-12)19-8-9-22(20,21)15-10-13(16)2-3-14(15)17/h2-3,10-12,18-19H,4-9H2,1H3/t11-/m1/s1. The number of piperidine rings is 1. The molecule has 0 amide bonds. The van der Waals surface area contributed by atoms with Gasteiger partial charge in [0.15, 0.2) is 9.84 Å². The van der Waals surface area contributed by atoms with Crippen molar-refractivity contribution in [3.05, 3.63) is 28.2 Å². The van der Waals surface area contributed by atoms with Crippen molar-refractivity contribution in [1.82, 2.24) is 10.6 Å². The third kappa shape index (κ3) is 4.83. The van der Waals surface area contributed by atoms with Crippen LogP contribution < -0.4 is 10.6 Å². The van der Waals surface area contributed by atoms with Gasteiger partial charge in [-0.25, -0.2) is 8.42 Å². The first-order chi connectivity index (χ1) is 10.4. The quantitative estimate of drug-likeness (QED) is 0.814. The zero-order valence-corrected chi connectivity index (χ0v) is 14.9. The van der Waals surface area contributed by atoms with Gasteiger partial charge in [0.2, 0.25) is 0 Å². The van der Waals surface area contributed by atoms with Crippen LogP contribution in [0.5, 0.6) is 0 Å². The minimum absolute atomic E-state index is 0.0162. The average Bonchev–Trinajstić information content (AvgIpc) is 2.50. The molecule has 0 radical (unpaired) electrons. The van der Waals surface area contributed by atoms with E-state index >= 15 is 0 Å². The van der Waals surface area contributed by atoms with Crippen LogP contribution in [0.3, 0.4) is 0 Å². The predicted molar refractivity (Wildman–Crippen MR) is 91.6 cm³/mol. The van der Waals surface area contributed by atoms with Gasteiger partial charge in [0.25, 0.3) is 0 Å². The Balaban J connectivity index is 1.91. The number of sulfone groups is 1. The average molecular weight is 365 g/mol. The van der Waals surface area contributed by atoms with Crippen LogP contribution in [0, 0.1) is 5.92 Å². The molecule has 0 aliphatic carbocycles. The predicted octanol–water partition coefficient (Wildman–Crippen LogP) is 2.74. The molecular formula is C15H22Cl2N2O2S. The van der Waals surface area contributed by atoms with E-state index in [1.807, 2.05) is 0 Å². The zero-order valence-electron chi connectivity index (χ0n) is 12.6. The largest absolute Gasteiger partial charge is 0.317 e. The Morgan fingerprint density at radius 1 is 1.32 bits per heavy atom. The number of hydrogen-bond acceptors (Lipinski definition) is 4. The van der Waals surface area contributed by atoms with Crippen LogP contribution in [0.4, 0.5) is 0 Å². The topological polar surface area (TPSA) is 58.2 Å². The molecule has 22 heavy (non-hydrogen) atoms. The highest BCUT2D eigenvalue weighted by Gasteiger charge is 2.22. The summed E-state index contributed by atoms with van der Waals surface area (Å²) < 4.78 is 24.7. The van der Waals surface area contributed by atoms with Crippen LogP contribution in [0.2, 0.25) is 10.0 Å². The second kappa shape index (κ2) is 7.97. The van der Waals surface area contributed by atoms with Crippen molar-refractivity contribution >= 4 is 33.0 Å². The van der Waals surface area contributed by atoms with E-state index in [1.165, 1.54) is 12.1 Å². The van der Waals surface area contributed by atoms with Crippen LogP contribution in [0.25, 0.3) is 0 Å². The number of rotatable bonds is 6. The summed E-state index contributed by atoms with van der Waals surface area (Å²) in [5, 5.41) is 7.25. The van der Waals surface area contributed by atoms with Crippen LogP contribution in [0.1, 0.15) is 19.8 Å². The number of halogens is 2. The van der Waals surface area contributed by atoms with Crippen molar-refractivity contribution in [2.24, 2.45) is 5.92 Å². The van der Waals surface area contributed by atoms with Gasteiger partial charge in [-0.2, -0.15) is 0 Å². The summed E-state index contributed by atoms with van der Waals surface area (Å²) in [6.07, 6.45) is 2.25. The molecule has 7 heteroatoms. The van der Waals surface area contributed by atoms with Gasteiger partial charge in [-0.3, -0.25) is 0 Å². The second-order valence-corrected chi connectivity index (χ2v) is 8.65. The molecule has 124 valence electrons. The van der Waals surface area contributed by atoms with Crippen LogP contribution in [0.15, 0.2) is 23.1 Å². The van der Waals surface area contributed by atoms with E-state index in [-0.39, 0.29) is 15.7 Å². The van der Waals surface area contributed by atoms with Crippen LogP contribution >= 0.6 is 23.2 Å². The Hall–Kier alpha value is -0.330. The smallest absolute Gasteiger partial charge is 0.181 e. The summed E-state index contributed by atoms with van der Waals surface area (Å²) in [5.41, 5.74) is 0. The minimum Gasteiger partial charge on any atom is -0.317 e. The first kappa shape index (κ1) is 18.0. The fourth-order valence-electron chi connectivity index (χ4n) is 2.76. The van der Waals surface area contributed by atoms with Gasteiger partial charge in [0.1, 0.15) is 0 Å². The molecule has 0 unspecified atom stereocenters. The van der Waals surface area contributed by atoms with E-state index in [9.17, 15) is 8.42 Å². The van der Waals surface area contributed by atoms with E-state index in [1.54, 1.807) is 6.07 Å². The SMILES string of the molecule is C[C@@H](NCCS(=O)(=O)c1cc(Cl)ccc1Cl)C1CCNCC1. The molecule has 0 bridgehead atoms. The first-order valence-corrected chi connectivity index (χ1v) is 9.93. The van der Waals surface area contributed by atoms with Gasteiger partial charge >= 0.3 is 0 Å². The molecule has 2 N–H and O–H groups in total. The zero-order chi connectivity index (χ0) is 16.2. The maximum Gasteiger partial charge on any atom is 0.181 e. The molecule has 0 spiro atoms. The monoisotopic (exact) mass is 364 g/mol. The van der Waals surface area contributed by atoms with Gasteiger partial charge in [-0.05, 0) is 57.0 Å². The van der Waals surface area contributed by atoms with Gasteiger partial charge in [0, 0.05) is 17.6 Å². The third-order valence-corrected chi connectivity index (χ3v) is 6.58. The minimum atomic E-state index is -3.43. The number of benzene rings is 1. The normalized spacial score (nSPS) is 18.3. The molecule has 1 aromatic carbocycles. The Morgan fingerprint density at radius 2 is 2.00 bits per heavy atom. The molecule has 0 aromatic heterocycles. The lowest BCUT2D eigenvalue weighted by Gasteiger charge is -2.29. The van der Waals surface area contributed by atoms with Gasteiger partial charge in [-0.15, -0.1) is 0 Å². The maximum absolute atomic E-state index is 12.4. The molecule has 4 nitrogen and oxygen atoms in total. The molecule has 1 fully saturated rings. The van der Waals surface area contributed by atoms with E-state index in [0.29, 0.717) is 23.5 Å². The van der Waals surface area contributed by atoms with Gasteiger partial charge < -0.3 is 10.6 Å². The molecular weight excluding hydrogens is 343 g/mol. The maximum atomic E-state index is 12.4. The Kier molecular flexibility index (Phi) is 6.53. The lowest BCUT2D eigenvalue weighted by molar-refractivity contribution is 0.297. The Labute approximate surface area is 142 Å². The van der Waals surface area contributed by atoms with Crippen LogP contribution in [-0.4, -0.2) is 39.8 Å². The Morgan fingerprint density at radius 3 is 2.68 bits per heavy atom. The first-order valence-electron chi connectivity index (χ1n) is 7.52. The molecule has 1 aromatic rings. The van der Waals surface area contributed by atoms with Crippen molar-refractivity contribution in [2.45, 2.75) is 30.7 Å². The summed E-state index contributed by atoms with van der Waals surface area (Å²) in [4.78, 5) is 0.109. The Bertz CT molecular complexity index is 602. The van der Waals surface area contributed by atoms with Crippen molar-refractivity contribution in [2.75, 3.05) is 25.4 Å². The number of nitrogens with one attached hydrogen (secondary N) is 2. The second-order valence-electron chi connectivity index (χ2n) is 5.72. The van der Waals surface area contributed by atoms with Crippen molar-refractivity contribution in [3.63, 3.8) is 0 Å². The molecule has 1 atom stereocenters. The molecule has 2 rings (SSSR count). The fraction of sp³-hybridized carbons (Fsp3) is 0.600. The van der Waals surface area contributed by atoms with Crippen molar-refractivity contribution < 1.29 is 8.42 Å². The highest BCUT2D eigenvalue weighted by molar-refractivity contribution is 7.91.